The van der Waals surface area contributed by atoms with Gasteiger partial charge in [-0.3, -0.25) is 0 Å². The molecule has 0 aromatic carbocycles. The molecule has 0 nitrogen and oxygen atoms in total. The number of fused-ring (bicyclic) bond motifs is 4. The average molecular weight is 385 g/mol. The van der Waals surface area contributed by atoms with Crippen LogP contribution in [0.25, 0.3) is 0 Å². The van der Waals surface area contributed by atoms with Gasteiger partial charge in [0.1, 0.15) is 0 Å². The standard InChI is InChI=1S/C28H48/c1-17-18(2)24(9,10)28(16)22(6)20(4)25(11,12)27(15,23(17,7)8)21(5)19(3)26(28,13)14/h1-16H3. The Morgan fingerprint density at radius 3 is 0.607 bits per heavy atom. The zero-order chi connectivity index (χ0) is 22.5. The summed E-state index contributed by atoms with van der Waals surface area (Å²) >= 11 is 0. The highest BCUT2D eigenvalue weighted by atomic mass is 14.7. The summed E-state index contributed by atoms with van der Waals surface area (Å²) in [6.45, 7) is 39.7. The SMILES string of the molecule is CC1=C(C)C(C)(C)C2(C)C(C)=C(C)C(C)(C)C(C)(C(C)=C(C)C2(C)C)C1(C)C. The van der Waals surface area contributed by atoms with E-state index in [1.807, 2.05) is 0 Å². The molecular formula is C28H48. The lowest BCUT2D eigenvalue weighted by Gasteiger charge is -2.62. The van der Waals surface area contributed by atoms with E-state index in [0.717, 1.165) is 0 Å². The van der Waals surface area contributed by atoms with Gasteiger partial charge in [-0.05, 0) is 63.2 Å². The van der Waals surface area contributed by atoms with Gasteiger partial charge < -0.3 is 0 Å². The fraction of sp³-hybridized carbons (Fsp3) is 0.786. The monoisotopic (exact) mass is 384 g/mol. The van der Waals surface area contributed by atoms with Gasteiger partial charge in [-0.15, -0.1) is 0 Å². The summed E-state index contributed by atoms with van der Waals surface area (Å²) in [5, 5.41) is 0. The van der Waals surface area contributed by atoms with Crippen molar-refractivity contribution in [3.05, 3.63) is 33.4 Å². The Morgan fingerprint density at radius 1 is 0.286 bits per heavy atom. The Bertz CT molecular complexity index is 735. The topological polar surface area (TPSA) is 0 Å². The highest BCUT2D eigenvalue weighted by molar-refractivity contribution is 5.48. The van der Waals surface area contributed by atoms with Gasteiger partial charge in [-0.2, -0.15) is 0 Å². The van der Waals surface area contributed by atoms with Crippen LogP contribution in [0.5, 0.6) is 0 Å². The van der Waals surface area contributed by atoms with Gasteiger partial charge in [0, 0.05) is 10.8 Å². The quantitative estimate of drug-likeness (QED) is 0.365. The molecule has 0 spiro atoms. The van der Waals surface area contributed by atoms with Crippen LogP contribution in [-0.4, -0.2) is 0 Å². The van der Waals surface area contributed by atoms with E-state index in [1.54, 1.807) is 33.4 Å². The molecule has 0 radical (unpaired) electrons. The van der Waals surface area contributed by atoms with Crippen LogP contribution < -0.4 is 0 Å². The minimum Gasteiger partial charge on any atom is -0.0673 e. The average Bonchev–Trinajstić information content (AvgIpc) is 2.60. The van der Waals surface area contributed by atoms with Gasteiger partial charge >= 0.3 is 0 Å². The minimum atomic E-state index is 0.0276. The van der Waals surface area contributed by atoms with Crippen molar-refractivity contribution in [3.63, 3.8) is 0 Å². The first-order chi connectivity index (χ1) is 12.2. The summed E-state index contributed by atoms with van der Waals surface area (Å²) in [5.74, 6) is 0. The van der Waals surface area contributed by atoms with E-state index < -0.39 is 0 Å². The van der Waals surface area contributed by atoms with Crippen molar-refractivity contribution in [2.75, 3.05) is 0 Å². The first-order valence-corrected chi connectivity index (χ1v) is 11.2. The van der Waals surface area contributed by atoms with Crippen molar-refractivity contribution in [2.24, 2.45) is 32.5 Å². The summed E-state index contributed by atoms with van der Waals surface area (Å²) in [7, 11) is 0. The summed E-state index contributed by atoms with van der Waals surface area (Å²) in [6.07, 6.45) is 0. The second-order valence-electron chi connectivity index (χ2n) is 12.5. The third kappa shape index (κ3) is 2.14. The van der Waals surface area contributed by atoms with Gasteiger partial charge in [-0.1, -0.05) is 103 Å². The summed E-state index contributed by atoms with van der Waals surface area (Å²) in [6, 6.07) is 0. The molecule has 0 saturated carbocycles. The molecule has 2 atom stereocenters. The van der Waals surface area contributed by atoms with Gasteiger partial charge in [-0.25, -0.2) is 0 Å². The smallest absolute Gasteiger partial charge is 0.00601 e. The number of allylic oxidation sites excluding steroid dienone is 6. The molecule has 0 heterocycles. The fourth-order valence-corrected chi connectivity index (χ4v) is 7.56. The van der Waals surface area contributed by atoms with Crippen molar-refractivity contribution >= 4 is 0 Å². The molecule has 0 aromatic heterocycles. The van der Waals surface area contributed by atoms with Crippen molar-refractivity contribution in [1.82, 2.24) is 0 Å². The van der Waals surface area contributed by atoms with Crippen LogP contribution in [-0.2, 0) is 0 Å². The second kappa shape index (κ2) is 5.89. The van der Waals surface area contributed by atoms with Crippen molar-refractivity contribution < 1.29 is 0 Å². The van der Waals surface area contributed by atoms with Gasteiger partial charge in [0.2, 0.25) is 0 Å². The van der Waals surface area contributed by atoms with E-state index in [9.17, 15) is 0 Å². The second-order valence-corrected chi connectivity index (χ2v) is 12.5. The van der Waals surface area contributed by atoms with E-state index >= 15 is 0 Å². The van der Waals surface area contributed by atoms with E-state index in [2.05, 4.69) is 111 Å². The maximum Gasteiger partial charge on any atom is 0.00601 e. The van der Waals surface area contributed by atoms with Gasteiger partial charge in [0.25, 0.3) is 0 Å². The van der Waals surface area contributed by atoms with Crippen molar-refractivity contribution in [1.29, 1.82) is 0 Å². The molecule has 0 N–H and O–H groups in total. The summed E-state index contributed by atoms with van der Waals surface area (Å²) in [4.78, 5) is 0. The number of hydrogen-bond acceptors (Lipinski definition) is 0. The minimum absolute atomic E-state index is 0.0276. The Kier molecular flexibility index (Phi) is 4.94. The molecule has 160 valence electrons. The normalized spacial score (nSPS) is 36.9. The molecule has 0 amide bonds. The van der Waals surface area contributed by atoms with Crippen LogP contribution in [0.15, 0.2) is 33.4 Å². The van der Waals surface area contributed by atoms with E-state index in [0.29, 0.717) is 0 Å². The van der Waals surface area contributed by atoms with Crippen LogP contribution in [0, 0.1) is 32.5 Å². The van der Waals surface area contributed by atoms with Crippen LogP contribution >= 0.6 is 0 Å². The molecule has 3 aliphatic rings. The highest BCUT2D eigenvalue weighted by Gasteiger charge is 2.63. The molecule has 0 aliphatic heterocycles. The maximum atomic E-state index is 2.55. The number of rotatable bonds is 0. The van der Waals surface area contributed by atoms with E-state index in [4.69, 9.17) is 0 Å². The zero-order valence-electron chi connectivity index (χ0n) is 22.0. The lowest BCUT2D eigenvalue weighted by molar-refractivity contribution is 0.0237. The lowest BCUT2D eigenvalue weighted by Crippen LogP contribution is -2.53. The molecule has 0 fully saturated rings. The molecule has 0 heteroatoms. The number of hydrogen-bond donors (Lipinski definition) is 0. The molecular weight excluding hydrogens is 336 g/mol. The maximum absolute atomic E-state index is 2.55. The van der Waals surface area contributed by atoms with E-state index in [1.165, 1.54) is 0 Å². The zero-order valence-corrected chi connectivity index (χ0v) is 22.0. The van der Waals surface area contributed by atoms with Crippen LogP contribution in [0.1, 0.15) is 111 Å². The largest absolute Gasteiger partial charge is 0.0673 e. The summed E-state index contributed by atoms with van der Waals surface area (Å²) in [5.41, 5.74) is 9.79. The first-order valence-electron chi connectivity index (χ1n) is 11.2. The molecule has 2 bridgehead atoms. The van der Waals surface area contributed by atoms with Crippen LogP contribution in [0.3, 0.4) is 0 Å². The lowest BCUT2D eigenvalue weighted by atomic mass is 9.42. The third-order valence-electron chi connectivity index (χ3n) is 11.9. The molecule has 3 aliphatic carbocycles. The Labute approximate surface area is 177 Å². The molecule has 3 rings (SSSR count). The van der Waals surface area contributed by atoms with Gasteiger partial charge in [0.05, 0.1) is 0 Å². The van der Waals surface area contributed by atoms with Crippen molar-refractivity contribution in [3.8, 4) is 0 Å². The predicted molar refractivity (Wildman–Crippen MR) is 126 cm³/mol. The highest BCUT2D eigenvalue weighted by Crippen LogP contribution is 2.72. The van der Waals surface area contributed by atoms with Gasteiger partial charge in [0.15, 0.2) is 0 Å². The first kappa shape index (κ1) is 23.5. The third-order valence-corrected chi connectivity index (χ3v) is 11.9. The van der Waals surface area contributed by atoms with Crippen LogP contribution in [0.2, 0.25) is 0 Å². The van der Waals surface area contributed by atoms with Crippen LogP contribution in [0.4, 0.5) is 0 Å². The van der Waals surface area contributed by atoms with Crippen molar-refractivity contribution in [2.45, 2.75) is 111 Å². The Balaban J connectivity index is 3.40. The molecule has 0 saturated heterocycles. The van der Waals surface area contributed by atoms with E-state index in [-0.39, 0.29) is 32.5 Å². The predicted octanol–water partition coefficient (Wildman–Crippen LogP) is 9.14. The Morgan fingerprint density at radius 2 is 0.429 bits per heavy atom. The molecule has 28 heavy (non-hydrogen) atoms. The fourth-order valence-electron chi connectivity index (χ4n) is 7.56. The molecule has 0 aromatic rings. The Hall–Kier alpha value is -0.780. The molecule has 2 unspecified atom stereocenters. The summed E-state index contributed by atoms with van der Waals surface area (Å²) < 4.78 is 0.